The number of pyridine rings is 1. The minimum absolute atomic E-state index is 0.184. The maximum Gasteiger partial charge on any atom is 0.279 e. The summed E-state index contributed by atoms with van der Waals surface area (Å²) in [5.41, 5.74) is 9.18. The molecule has 2 rings (SSSR count). The number of carbonyl (C=O) groups is 1. The van der Waals surface area contributed by atoms with Gasteiger partial charge in [0.2, 0.25) is 0 Å². The summed E-state index contributed by atoms with van der Waals surface area (Å²) in [7, 11) is 0. The molecule has 0 aromatic carbocycles. The van der Waals surface area contributed by atoms with Crippen molar-refractivity contribution in [2.75, 3.05) is 11.1 Å². The number of hydrogen-bond donors (Lipinski definition) is 3. The van der Waals surface area contributed by atoms with E-state index in [-0.39, 0.29) is 17.5 Å². The molecule has 0 atom stereocenters. The molecule has 0 bridgehead atoms. The number of nitrogen functional groups attached to an aromatic ring is 1. The number of nitrogens with two attached hydrogens (primary N) is 1. The molecule has 0 unspecified atom stereocenters. The number of carbonyl (C=O) groups excluding carboxylic acids is 1. The molecular formula is C14H19N5O. The molecule has 20 heavy (non-hydrogen) atoms. The van der Waals surface area contributed by atoms with Gasteiger partial charge >= 0.3 is 0 Å². The molecule has 0 radical (unpaired) electrons. The Balaban J connectivity index is 2.24. The van der Waals surface area contributed by atoms with Crippen LogP contribution < -0.4 is 11.1 Å². The predicted molar refractivity (Wildman–Crippen MR) is 78.8 cm³/mol. The number of nitrogens with zero attached hydrogens (tertiary/aromatic N) is 2. The number of nitrogens with one attached hydrogen (secondary N) is 2. The van der Waals surface area contributed by atoms with Gasteiger partial charge < -0.3 is 11.1 Å². The molecule has 106 valence electrons. The van der Waals surface area contributed by atoms with Crippen LogP contribution in [0.3, 0.4) is 0 Å². The van der Waals surface area contributed by atoms with Crippen molar-refractivity contribution in [2.45, 2.75) is 33.6 Å². The van der Waals surface area contributed by atoms with Crippen molar-refractivity contribution in [2.24, 2.45) is 0 Å². The smallest absolute Gasteiger partial charge is 0.279 e. The fourth-order valence-corrected chi connectivity index (χ4v) is 2.06. The Labute approximate surface area is 117 Å². The summed E-state index contributed by atoms with van der Waals surface area (Å²) in [5.74, 6) is 0.326. The molecule has 1 amide bonds. The Morgan fingerprint density at radius 2 is 2.05 bits per heavy atom. The highest BCUT2D eigenvalue weighted by molar-refractivity contribution is 6.06. The van der Waals surface area contributed by atoms with Crippen LogP contribution in [-0.4, -0.2) is 21.1 Å². The van der Waals surface area contributed by atoms with Gasteiger partial charge in [-0.3, -0.25) is 9.89 Å². The molecule has 0 aliphatic rings. The number of H-pyrrole nitrogens is 1. The zero-order valence-electron chi connectivity index (χ0n) is 12.1. The van der Waals surface area contributed by atoms with Crippen LogP contribution in [0.15, 0.2) is 12.1 Å². The minimum atomic E-state index is -0.358. The maximum atomic E-state index is 12.2. The van der Waals surface area contributed by atoms with E-state index in [0.29, 0.717) is 11.5 Å². The highest BCUT2D eigenvalue weighted by atomic mass is 16.2. The lowest BCUT2D eigenvalue weighted by atomic mass is 10.1. The van der Waals surface area contributed by atoms with Gasteiger partial charge in [0.25, 0.3) is 5.91 Å². The molecule has 0 saturated carbocycles. The number of aromatic nitrogens is 3. The number of aryl methyl sites for hydroxylation is 2. The molecule has 0 saturated heterocycles. The lowest BCUT2D eigenvalue weighted by Crippen LogP contribution is -2.15. The van der Waals surface area contributed by atoms with Crippen molar-refractivity contribution >= 4 is 17.4 Å². The molecule has 0 fully saturated rings. The maximum absolute atomic E-state index is 12.2. The van der Waals surface area contributed by atoms with Crippen LogP contribution in [0.1, 0.15) is 47.2 Å². The second-order valence-electron chi connectivity index (χ2n) is 5.18. The van der Waals surface area contributed by atoms with E-state index in [0.717, 1.165) is 17.0 Å². The van der Waals surface area contributed by atoms with Crippen molar-refractivity contribution in [3.63, 3.8) is 0 Å². The summed E-state index contributed by atoms with van der Waals surface area (Å²) in [5, 5.41) is 9.52. The third kappa shape index (κ3) is 2.79. The number of aromatic amines is 1. The molecule has 0 aliphatic heterocycles. The second kappa shape index (κ2) is 5.32. The Morgan fingerprint density at radius 3 is 2.60 bits per heavy atom. The first-order chi connectivity index (χ1) is 9.38. The summed E-state index contributed by atoms with van der Waals surface area (Å²) >= 11 is 0. The van der Waals surface area contributed by atoms with Crippen molar-refractivity contribution in [1.29, 1.82) is 0 Å². The largest absolute Gasteiger partial charge is 0.395 e. The van der Waals surface area contributed by atoms with Gasteiger partial charge in [-0.05, 0) is 37.5 Å². The molecule has 2 aromatic heterocycles. The molecule has 2 aromatic rings. The van der Waals surface area contributed by atoms with Crippen LogP contribution in [0.2, 0.25) is 0 Å². The van der Waals surface area contributed by atoms with Crippen molar-refractivity contribution in [1.82, 2.24) is 15.2 Å². The Bertz CT molecular complexity index is 625. The molecule has 2 heterocycles. The average molecular weight is 273 g/mol. The van der Waals surface area contributed by atoms with Gasteiger partial charge in [0.1, 0.15) is 5.82 Å². The van der Waals surface area contributed by atoms with E-state index in [1.54, 1.807) is 6.07 Å². The zero-order valence-corrected chi connectivity index (χ0v) is 12.1. The van der Waals surface area contributed by atoms with E-state index in [4.69, 9.17) is 5.73 Å². The van der Waals surface area contributed by atoms with Crippen LogP contribution in [0.25, 0.3) is 0 Å². The SMILES string of the molecule is Cc1cc(C)nc(NC(=O)c2n[nH]c(C(C)C)c2N)c1. The van der Waals surface area contributed by atoms with Crippen LogP contribution >= 0.6 is 0 Å². The van der Waals surface area contributed by atoms with Gasteiger partial charge in [-0.1, -0.05) is 13.8 Å². The summed E-state index contributed by atoms with van der Waals surface area (Å²) < 4.78 is 0. The van der Waals surface area contributed by atoms with Gasteiger partial charge in [-0.15, -0.1) is 0 Å². The van der Waals surface area contributed by atoms with Gasteiger partial charge in [0, 0.05) is 5.69 Å². The molecule has 4 N–H and O–H groups in total. The van der Waals surface area contributed by atoms with E-state index < -0.39 is 0 Å². The van der Waals surface area contributed by atoms with Crippen molar-refractivity contribution in [3.8, 4) is 0 Å². The fraction of sp³-hybridized carbons (Fsp3) is 0.357. The van der Waals surface area contributed by atoms with Gasteiger partial charge in [-0.2, -0.15) is 5.10 Å². The van der Waals surface area contributed by atoms with E-state index in [9.17, 15) is 4.79 Å². The number of anilines is 2. The number of hydrogen-bond acceptors (Lipinski definition) is 4. The van der Waals surface area contributed by atoms with E-state index in [1.165, 1.54) is 0 Å². The summed E-state index contributed by atoms with van der Waals surface area (Å²) in [6.07, 6.45) is 0. The van der Waals surface area contributed by atoms with Crippen LogP contribution in [0.4, 0.5) is 11.5 Å². The van der Waals surface area contributed by atoms with Crippen molar-refractivity contribution in [3.05, 3.63) is 34.8 Å². The average Bonchev–Trinajstić information content (AvgIpc) is 2.69. The summed E-state index contributed by atoms with van der Waals surface area (Å²) in [4.78, 5) is 16.4. The zero-order chi connectivity index (χ0) is 14.9. The Hall–Kier alpha value is -2.37. The molecule has 0 aliphatic carbocycles. The minimum Gasteiger partial charge on any atom is -0.395 e. The lowest BCUT2D eigenvalue weighted by Gasteiger charge is -2.06. The second-order valence-corrected chi connectivity index (χ2v) is 5.18. The molecular weight excluding hydrogens is 254 g/mol. The first-order valence-electron chi connectivity index (χ1n) is 6.49. The number of rotatable bonds is 3. The van der Waals surface area contributed by atoms with Gasteiger partial charge in [0.05, 0.1) is 11.4 Å². The topological polar surface area (TPSA) is 96.7 Å². The van der Waals surface area contributed by atoms with Crippen LogP contribution in [0.5, 0.6) is 0 Å². The van der Waals surface area contributed by atoms with E-state index >= 15 is 0 Å². The van der Waals surface area contributed by atoms with Crippen LogP contribution in [-0.2, 0) is 0 Å². The van der Waals surface area contributed by atoms with E-state index in [1.807, 2.05) is 33.8 Å². The molecule has 6 heteroatoms. The van der Waals surface area contributed by atoms with Crippen LogP contribution in [0, 0.1) is 13.8 Å². The van der Waals surface area contributed by atoms with Gasteiger partial charge in [-0.25, -0.2) is 4.98 Å². The Morgan fingerprint density at radius 1 is 1.35 bits per heavy atom. The normalized spacial score (nSPS) is 10.8. The quantitative estimate of drug-likeness (QED) is 0.799. The first kappa shape index (κ1) is 14.0. The van der Waals surface area contributed by atoms with Gasteiger partial charge in [0.15, 0.2) is 5.69 Å². The third-order valence-corrected chi connectivity index (χ3v) is 2.97. The first-order valence-corrected chi connectivity index (χ1v) is 6.49. The molecule has 6 nitrogen and oxygen atoms in total. The highest BCUT2D eigenvalue weighted by Crippen LogP contribution is 2.22. The predicted octanol–water partition coefficient (Wildman–Crippen LogP) is 2.38. The van der Waals surface area contributed by atoms with E-state index in [2.05, 4.69) is 20.5 Å². The third-order valence-electron chi connectivity index (χ3n) is 2.97. The molecule has 0 spiro atoms. The highest BCUT2D eigenvalue weighted by Gasteiger charge is 2.19. The fourth-order valence-electron chi connectivity index (χ4n) is 2.06. The lowest BCUT2D eigenvalue weighted by molar-refractivity contribution is 0.102. The summed E-state index contributed by atoms with van der Waals surface area (Å²) in [6.45, 7) is 7.79. The van der Waals surface area contributed by atoms with Crippen molar-refractivity contribution < 1.29 is 4.79 Å². The summed E-state index contributed by atoms with van der Waals surface area (Å²) in [6, 6.07) is 3.74. The standard InChI is InChI=1S/C14H19N5O/c1-7(2)12-11(15)13(19-18-12)14(20)17-10-6-8(3)5-9(4)16-10/h5-7H,15H2,1-4H3,(H,18,19)(H,16,17,20). The monoisotopic (exact) mass is 273 g/mol. The Kier molecular flexibility index (Phi) is 3.74. The number of amides is 1.